The Morgan fingerprint density at radius 3 is 2.42 bits per heavy atom. The quantitative estimate of drug-likeness (QED) is 0.675. The molecule has 0 saturated carbocycles. The fourth-order valence-corrected chi connectivity index (χ4v) is 6.23. The van der Waals surface area contributed by atoms with E-state index in [1.807, 2.05) is 12.1 Å². The van der Waals surface area contributed by atoms with Gasteiger partial charge in [-0.05, 0) is 60.7 Å². The Kier molecular flexibility index (Phi) is 7.07. The molecule has 0 aromatic heterocycles. The first kappa shape index (κ1) is 23.7. The topological polar surface area (TPSA) is 86.8 Å². The molecule has 9 heteroatoms. The summed E-state index contributed by atoms with van der Waals surface area (Å²) in [5.74, 6) is -0.506. The zero-order valence-corrected chi connectivity index (χ0v) is 20.2. The number of fused-ring (bicyclic) bond motifs is 1. The van der Waals surface area contributed by atoms with Gasteiger partial charge in [0.05, 0.1) is 4.90 Å². The van der Waals surface area contributed by atoms with Crippen LogP contribution in [0.25, 0.3) is 0 Å². The standard InChI is InChI=1S/C24H28ClN3O4S/c1-17(29)28-22-10-9-21(33(31,32)27-13-3-2-4-14-27)15-19(22)16-23(28)24(30)26-12-11-18-5-7-20(25)8-6-18/h5-10,15,23H,2-4,11-14,16H2,1H3,(H,26,30). The third-order valence-corrected chi connectivity index (χ3v) is 8.40. The van der Waals surface area contributed by atoms with Crippen molar-refractivity contribution in [1.82, 2.24) is 9.62 Å². The number of hydrogen-bond acceptors (Lipinski definition) is 4. The summed E-state index contributed by atoms with van der Waals surface area (Å²) < 4.78 is 27.7. The lowest BCUT2D eigenvalue weighted by atomic mass is 10.1. The van der Waals surface area contributed by atoms with Crippen molar-refractivity contribution in [1.29, 1.82) is 0 Å². The van der Waals surface area contributed by atoms with Crippen molar-refractivity contribution < 1.29 is 18.0 Å². The maximum Gasteiger partial charge on any atom is 0.243 e. The second-order valence-electron chi connectivity index (χ2n) is 8.53. The van der Waals surface area contributed by atoms with E-state index in [4.69, 9.17) is 11.6 Å². The molecule has 7 nitrogen and oxygen atoms in total. The summed E-state index contributed by atoms with van der Waals surface area (Å²) in [6.07, 6.45) is 3.69. The Hall–Kier alpha value is -2.42. The van der Waals surface area contributed by atoms with Gasteiger partial charge in [-0.2, -0.15) is 4.31 Å². The molecule has 1 unspecified atom stereocenters. The average Bonchev–Trinajstić information content (AvgIpc) is 3.20. The molecule has 0 radical (unpaired) electrons. The highest BCUT2D eigenvalue weighted by Crippen LogP contribution is 2.35. The summed E-state index contributed by atoms with van der Waals surface area (Å²) in [4.78, 5) is 27.0. The molecule has 1 fully saturated rings. The molecule has 176 valence electrons. The van der Waals surface area contributed by atoms with E-state index in [-0.39, 0.29) is 23.1 Å². The van der Waals surface area contributed by atoms with Gasteiger partial charge in [0.15, 0.2) is 0 Å². The second-order valence-corrected chi connectivity index (χ2v) is 10.9. The van der Waals surface area contributed by atoms with Crippen LogP contribution in [0.1, 0.15) is 37.3 Å². The zero-order chi connectivity index (χ0) is 23.6. The second kappa shape index (κ2) is 9.83. The van der Waals surface area contributed by atoms with Gasteiger partial charge in [-0.3, -0.25) is 14.5 Å². The number of halogens is 1. The van der Waals surface area contributed by atoms with Gasteiger partial charge in [0.25, 0.3) is 0 Å². The van der Waals surface area contributed by atoms with Crippen LogP contribution in [0, 0.1) is 0 Å². The van der Waals surface area contributed by atoms with Crippen LogP contribution in [0.3, 0.4) is 0 Å². The molecule has 0 aliphatic carbocycles. The molecule has 1 saturated heterocycles. The van der Waals surface area contributed by atoms with Crippen molar-refractivity contribution in [2.45, 2.75) is 50.0 Å². The van der Waals surface area contributed by atoms with E-state index < -0.39 is 16.1 Å². The highest BCUT2D eigenvalue weighted by atomic mass is 35.5. The predicted molar refractivity (Wildman–Crippen MR) is 128 cm³/mol. The Morgan fingerprint density at radius 2 is 1.76 bits per heavy atom. The summed E-state index contributed by atoms with van der Waals surface area (Å²) in [5, 5.41) is 3.57. The van der Waals surface area contributed by atoms with E-state index in [9.17, 15) is 18.0 Å². The number of rotatable bonds is 6. The van der Waals surface area contributed by atoms with Gasteiger partial charge >= 0.3 is 0 Å². The number of piperidine rings is 1. The van der Waals surface area contributed by atoms with Crippen LogP contribution in [-0.4, -0.2) is 50.2 Å². The normalized spacial score (nSPS) is 18.7. The van der Waals surface area contributed by atoms with Crippen LogP contribution in [0.5, 0.6) is 0 Å². The molecule has 0 bridgehead atoms. The van der Waals surface area contributed by atoms with Gasteiger partial charge in [0.2, 0.25) is 21.8 Å². The lowest BCUT2D eigenvalue weighted by molar-refractivity contribution is -0.125. The van der Waals surface area contributed by atoms with Crippen LogP contribution in [0.4, 0.5) is 5.69 Å². The Bertz CT molecular complexity index is 1140. The lowest BCUT2D eigenvalue weighted by Crippen LogP contribution is -2.47. The Morgan fingerprint density at radius 1 is 1.06 bits per heavy atom. The maximum absolute atomic E-state index is 13.1. The molecule has 2 aromatic carbocycles. The number of hydrogen-bond donors (Lipinski definition) is 1. The number of benzene rings is 2. The fraction of sp³-hybridized carbons (Fsp3) is 0.417. The summed E-state index contributed by atoms with van der Waals surface area (Å²) in [5.41, 5.74) is 2.34. The van der Waals surface area contributed by atoms with Crippen LogP contribution in [-0.2, 0) is 32.5 Å². The fourth-order valence-electron chi connectivity index (χ4n) is 4.54. The largest absolute Gasteiger partial charge is 0.354 e. The Labute approximate surface area is 199 Å². The maximum atomic E-state index is 13.1. The molecule has 2 aromatic rings. The summed E-state index contributed by atoms with van der Waals surface area (Å²) in [6, 6.07) is 11.5. The molecule has 4 rings (SSSR count). The van der Waals surface area contributed by atoms with E-state index >= 15 is 0 Å². The first-order valence-electron chi connectivity index (χ1n) is 11.2. The lowest BCUT2D eigenvalue weighted by Gasteiger charge is -2.26. The molecular weight excluding hydrogens is 462 g/mol. The minimum Gasteiger partial charge on any atom is -0.354 e. The van der Waals surface area contributed by atoms with Gasteiger partial charge in [0.1, 0.15) is 6.04 Å². The van der Waals surface area contributed by atoms with Gasteiger partial charge in [-0.1, -0.05) is 30.2 Å². The molecule has 33 heavy (non-hydrogen) atoms. The molecular formula is C24H28ClN3O4S. The van der Waals surface area contributed by atoms with E-state index in [1.165, 1.54) is 16.1 Å². The molecule has 2 aliphatic rings. The predicted octanol–water partition coefficient (Wildman–Crippen LogP) is 3.15. The first-order chi connectivity index (χ1) is 15.8. The van der Waals surface area contributed by atoms with E-state index in [2.05, 4.69) is 5.32 Å². The molecule has 0 spiro atoms. The number of anilines is 1. The third-order valence-electron chi connectivity index (χ3n) is 6.26. The number of carbonyl (C=O) groups excluding carboxylic acids is 2. The van der Waals surface area contributed by atoms with Crippen LogP contribution in [0.15, 0.2) is 47.4 Å². The molecule has 1 atom stereocenters. The smallest absolute Gasteiger partial charge is 0.243 e. The number of nitrogens with zero attached hydrogens (tertiary/aromatic N) is 2. The number of nitrogens with one attached hydrogen (secondary N) is 1. The summed E-state index contributed by atoms with van der Waals surface area (Å²) in [6.45, 7) is 2.89. The van der Waals surface area contributed by atoms with Gasteiger partial charge in [-0.25, -0.2) is 8.42 Å². The number of amides is 2. The highest BCUT2D eigenvalue weighted by molar-refractivity contribution is 7.89. The minimum atomic E-state index is -3.59. The molecule has 1 N–H and O–H groups in total. The molecule has 2 heterocycles. The van der Waals surface area contributed by atoms with Crippen molar-refractivity contribution >= 4 is 39.1 Å². The van der Waals surface area contributed by atoms with Crippen molar-refractivity contribution in [3.05, 3.63) is 58.6 Å². The first-order valence-corrected chi connectivity index (χ1v) is 13.0. The van der Waals surface area contributed by atoms with Crippen molar-refractivity contribution in [2.24, 2.45) is 0 Å². The van der Waals surface area contributed by atoms with E-state index in [1.54, 1.807) is 30.3 Å². The van der Waals surface area contributed by atoms with Gasteiger partial charge in [-0.15, -0.1) is 0 Å². The molecule has 2 aliphatic heterocycles. The van der Waals surface area contributed by atoms with Crippen molar-refractivity contribution in [2.75, 3.05) is 24.5 Å². The van der Waals surface area contributed by atoms with Crippen LogP contribution in [0.2, 0.25) is 5.02 Å². The van der Waals surface area contributed by atoms with Crippen molar-refractivity contribution in [3.63, 3.8) is 0 Å². The van der Waals surface area contributed by atoms with E-state index in [0.717, 1.165) is 24.8 Å². The van der Waals surface area contributed by atoms with Gasteiger partial charge < -0.3 is 5.32 Å². The van der Waals surface area contributed by atoms with E-state index in [0.29, 0.717) is 42.3 Å². The minimum absolute atomic E-state index is 0.218. The number of sulfonamides is 1. The summed E-state index contributed by atoms with van der Waals surface area (Å²) >= 11 is 5.91. The zero-order valence-electron chi connectivity index (χ0n) is 18.6. The van der Waals surface area contributed by atoms with Gasteiger partial charge in [0, 0.05) is 43.7 Å². The van der Waals surface area contributed by atoms with Crippen LogP contribution < -0.4 is 10.2 Å². The average molecular weight is 490 g/mol. The third kappa shape index (κ3) is 5.08. The monoisotopic (exact) mass is 489 g/mol. The Balaban J connectivity index is 1.48. The van der Waals surface area contributed by atoms with Crippen molar-refractivity contribution in [3.8, 4) is 0 Å². The van der Waals surface area contributed by atoms with Crippen LogP contribution >= 0.6 is 11.6 Å². The number of carbonyl (C=O) groups is 2. The summed E-state index contributed by atoms with van der Waals surface area (Å²) in [7, 11) is -3.59. The molecule has 2 amide bonds. The highest BCUT2D eigenvalue weighted by Gasteiger charge is 2.38. The SMILES string of the molecule is CC(=O)N1c2ccc(S(=O)(=O)N3CCCCC3)cc2CC1C(=O)NCCc1ccc(Cl)cc1.